The molecule has 1 aromatic carbocycles. The van der Waals surface area contributed by atoms with Crippen LogP contribution >= 0.6 is 0 Å². The minimum absolute atomic E-state index is 0.0369. The van der Waals surface area contributed by atoms with Crippen LogP contribution in [-0.2, 0) is 9.53 Å². The number of rotatable bonds is 2. The van der Waals surface area contributed by atoms with E-state index in [-0.39, 0.29) is 18.6 Å². The van der Waals surface area contributed by atoms with Crippen molar-refractivity contribution in [1.29, 1.82) is 0 Å². The Morgan fingerprint density at radius 1 is 1.40 bits per heavy atom. The van der Waals surface area contributed by atoms with Crippen LogP contribution in [0.25, 0.3) is 0 Å². The second-order valence-corrected chi connectivity index (χ2v) is 3.43. The first-order valence-electron chi connectivity index (χ1n) is 4.89. The third kappa shape index (κ3) is 1.92. The summed E-state index contributed by atoms with van der Waals surface area (Å²) >= 11 is 0. The predicted octanol–water partition coefficient (Wildman–Crippen LogP) is 1.73. The van der Waals surface area contributed by atoms with Gasteiger partial charge in [0.2, 0.25) is 0 Å². The molecule has 3 heteroatoms. The zero-order valence-corrected chi connectivity index (χ0v) is 8.43. The smallest absolute Gasteiger partial charge is 0.253 e. The average Bonchev–Trinajstić information content (AvgIpc) is 2.30. The van der Waals surface area contributed by atoms with Crippen LogP contribution in [0.2, 0.25) is 0 Å². The lowest BCUT2D eigenvalue weighted by atomic mass is 10.1. The standard InChI is InChI=1S/C12H13NO2/c1-2-13-11(8-15-9-12(13)14)10-6-4-3-5-7-10/h2-7,11H,1,8-9H2. The lowest BCUT2D eigenvalue weighted by molar-refractivity contribution is -0.144. The Balaban J connectivity index is 2.27. The fraction of sp³-hybridized carbons (Fsp3) is 0.250. The van der Waals surface area contributed by atoms with Crippen molar-refractivity contribution in [2.24, 2.45) is 0 Å². The summed E-state index contributed by atoms with van der Waals surface area (Å²) in [4.78, 5) is 13.2. The molecule has 1 fully saturated rings. The molecular formula is C12H13NO2. The van der Waals surface area contributed by atoms with E-state index in [1.165, 1.54) is 0 Å². The second-order valence-electron chi connectivity index (χ2n) is 3.43. The molecule has 0 aromatic heterocycles. The zero-order chi connectivity index (χ0) is 10.7. The molecule has 1 unspecified atom stereocenters. The molecule has 0 spiro atoms. The third-order valence-electron chi connectivity index (χ3n) is 2.51. The SMILES string of the molecule is C=CN1C(=O)COCC1c1ccccc1. The van der Waals surface area contributed by atoms with E-state index in [1.54, 1.807) is 11.1 Å². The molecule has 0 radical (unpaired) electrons. The summed E-state index contributed by atoms with van der Waals surface area (Å²) in [6, 6.07) is 9.80. The quantitative estimate of drug-likeness (QED) is 0.732. The van der Waals surface area contributed by atoms with E-state index in [1.807, 2.05) is 30.3 Å². The van der Waals surface area contributed by atoms with Crippen molar-refractivity contribution in [3.63, 3.8) is 0 Å². The van der Waals surface area contributed by atoms with Gasteiger partial charge < -0.3 is 9.64 Å². The highest BCUT2D eigenvalue weighted by Gasteiger charge is 2.27. The van der Waals surface area contributed by atoms with E-state index in [0.29, 0.717) is 6.61 Å². The van der Waals surface area contributed by atoms with E-state index in [4.69, 9.17) is 4.74 Å². The first-order chi connectivity index (χ1) is 7.33. The second kappa shape index (κ2) is 4.28. The average molecular weight is 203 g/mol. The summed E-state index contributed by atoms with van der Waals surface area (Å²) in [5.74, 6) is -0.0369. The topological polar surface area (TPSA) is 29.5 Å². The van der Waals surface area contributed by atoms with Crippen LogP contribution in [0.15, 0.2) is 43.1 Å². The number of hydrogen-bond donors (Lipinski definition) is 0. The first-order valence-corrected chi connectivity index (χ1v) is 4.89. The van der Waals surface area contributed by atoms with Crippen molar-refractivity contribution in [3.8, 4) is 0 Å². The molecular weight excluding hydrogens is 190 g/mol. The van der Waals surface area contributed by atoms with Gasteiger partial charge in [-0.3, -0.25) is 4.79 Å². The summed E-state index contributed by atoms with van der Waals surface area (Å²) in [5.41, 5.74) is 1.07. The highest BCUT2D eigenvalue weighted by molar-refractivity contribution is 5.79. The van der Waals surface area contributed by atoms with Gasteiger partial charge in [-0.1, -0.05) is 36.9 Å². The van der Waals surface area contributed by atoms with Crippen LogP contribution in [0.5, 0.6) is 0 Å². The Morgan fingerprint density at radius 2 is 2.13 bits per heavy atom. The van der Waals surface area contributed by atoms with Crippen LogP contribution in [0.3, 0.4) is 0 Å². The van der Waals surface area contributed by atoms with Crippen LogP contribution in [0, 0.1) is 0 Å². The predicted molar refractivity (Wildman–Crippen MR) is 57.0 cm³/mol. The Hall–Kier alpha value is -1.61. The Bertz CT molecular complexity index is 361. The van der Waals surface area contributed by atoms with Crippen molar-refractivity contribution in [1.82, 2.24) is 4.90 Å². The number of amides is 1. The maximum absolute atomic E-state index is 11.5. The van der Waals surface area contributed by atoms with Gasteiger partial charge in [0, 0.05) is 6.20 Å². The molecule has 0 N–H and O–H groups in total. The highest BCUT2D eigenvalue weighted by Crippen LogP contribution is 2.24. The van der Waals surface area contributed by atoms with Gasteiger partial charge in [0.15, 0.2) is 0 Å². The fourth-order valence-electron chi connectivity index (χ4n) is 1.75. The van der Waals surface area contributed by atoms with Crippen LogP contribution in [0.1, 0.15) is 11.6 Å². The number of carbonyl (C=O) groups is 1. The van der Waals surface area contributed by atoms with Gasteiger partial charge >= 0.3 is 0 Å². The van der Waals surface area contributed by atoms with E-state index >= 15 is 0 Å². The van der Waals surface area contributed by atoms with Gasteiger partial charge in [-0.15, -0.1) is 0 Å². The number of ether oxygens (including phenoxy) is 1. The number of nitrogens with zero attached hydrogens (tertiary/aromatic N) is 1. The first kappa shape index (κ1) is 9.93. The Labute approximate surface area is 89.0 Å². The number of benzene rings is 1. The van der Waals surface area contributed by atoms with Gasteiger partial charge in [-0.25, -0.2) is 0 Å². The van der Waals surface area contributed by atoms with Crippen molar-refractivity contribution < 1.29 is 9.53 Å². The lowest BCUT2D eigenvalue weighted by Gasteiger charge is -2.32. The van der Waals surface area contributed by atoms with Crippen LogP contribution in [-0.4, -0.2) is 24.0 Å². The maximum Gasteiger partial charge on any atom is 0.253 e. The molecule has 0 bridgehead atoms. The molecule has 15 heavy (non-hydrogen) atoms. The highest BCUT2D eigenvalue weighted by atomic mass is 16.5. The van der Waals surface area contributed by atoms with Gasteiger partial charge in [0.1, 0.15) is 6.61 Å². The molecule has 78 valence electrons. The number of carbonyl (C=O) groups excluding carboxylic acids is 1. The normalized spacial score (nSPS) is 21.5. The van der Waals surface area contributed by atoms with Crippen LogP contribution in [0.4, 0.5) is 0 Å². The molecule has 1 aromatic rings. The van der Waals surface area contributed by atoms with Crippen molar-refractivity contribution in [3.05, 3.63) is 48.7 Å². The molecule has 0 aliphatic carbocycles. The summed E-state index contributed by atoms with van der Waals surface area (Å²) < 4.78 is 5.24. The monoisotopic (exact) mass is 203 g/mol. The molecule has 1 saturated heterocycles. The molecule has 1 heterocycles. The van der Waals surface area contributed by atoms with Crippen molar-refractivity contribution in [2.75, 3.05) is 13.2 Å². The van der Waals surface area contributed by atoms with Crippen molar-refractivity contribution in [2.45, 2.75) is 6.04 Å². The summed E-state index contributed by atoms with van der Waals surface area (Å²) in [6.45, 7) is 4.34. The molecule has 1 atom stereocenters. The molecule has 2 rings (SSSR count). The molecule has 3 nitrogen and oxygen atoms in total. The van der Waals surface area contributed by atoms with Crippen molar-refractivity contribution >= 4 is 5.91 Å². The summed E-state index contributed by atoms with van der Waals surface area (Å²) in [5, 5.41) is 0. The largest absolute Gasteiger partial charge is 0.369 e. The fourth-order valence-corrected chi connectivity index (χ4v) is 1.75. The third-order valence-corrected chi connectivity index (χ3v) is 2.51. The summed E-state index contributed by atoms with van der Waals surface area (Å²) in [7, 11) is 0. The van der Waals surface area contributed by atoms with E-state index in [9.17, 15) is 4.79 Å². The minimum atomic E-state index is -0.0371. The Kier molecular flexibility index (Phi) is 2.83. The van der Waals surface area contributed by atoms with E-state index in [0.717, 1.165) is 5.56 Å². The minimum Gasteiger partial charge on any atom is -0.369 e. The van der Waals surface area contributed by atoms with Gasteiger partial charge in [-0.2, -0.15) is 0 Å². The van der Waals surface area contributed by atoms with E-state index < -0.39 is 0 Å². The lowest BCUT2D eigenvalue weighted by Crippen LogP contribution is -2.40. The number of hydrogen-bond acceptors (Lipinski definition) is 2. The molecule has 1 aliphatic rings. The van der Waals surface area contributed by atoms with E-state index in [2.05, 4.69) is 6.58 Å². The van der Waals surface area contributed by atoms with Gasteiger partial charge in [0.05, 0.1) is 12.6 Å². The number of morpholine rings is 1. The van der Waals surface area contributed by atoms with Gasteiger partial charge in [-0.05, 0) is 5.56 Å². The summed E-state index contributed by atoms with van der Waals surface area (Å²) in [6.07, 6.45) is 1.57. The Morgan fingerprint density at radius 3 is 2.80 bits per heavy atom. The van der Waals surface area contributed by atoms with Crippen LogP contribution < -0.4 is 0 Å². The van der Waals surface area contributed by atoms with Gasteiger partial charge in [0.25, 0.3) is 5.91 Å². The molecule has 1 amide bonds. The maximum atomic E-state index is 11.5. The molecule has 1 aliphatic heterocycles. The zero-order valence-electron chi connectivity index (χ0n) is 8.43. The molecule has 0 saturated carbocycles.